The number of carbonyl (C=O) groups is 1. The van der Waals surface area contributed by atoms with Crippen molar-refractivity contribution in [1.29, 1.82) is 0 Å². The Labute approximate surface area is 137 Å². The minimum absolute atomic E-state index is 0.417. The molecule has 0 unspecified atom stereocenters. The van der Waals surface area contributed by atoms with Crippen LogP contribution in [0.4, 0.5) is 0 Å². The van der Waals surface area contributed by atoms with Crippen LogP contribution in [0.15, 0.2) is 53.0 Å². The molecule has 0 aliphatic heterocycles. The van der Waals surface area contributed by atoms with Gasteiger partial charge in [-0.3, -0.25) is 0 Å². The quantitative estimate of drug-likeness (QED) is 0.784. The Bertz CT molecular complexity index is 681. The molecule has 5 heteroatoms. The fraction of sp³-hybridized carbons (Fsp3) is 0.118. The summed E-state index contributed by atoms with van der Waals surface area (Å²) in [6, 6.07) is 13.3. The molecule has 1 N–H and O–H groups in total. The van der Waals surface area contributed by atoms with Crippen molar-refractivity contribution in [2.75, 3.05) is 7.11 Å². The third kappa shape index (κ3) is 4.36. The van der Waals surface area contributed by atoms with Crippen LogP contribution in [-0.4, -0.2) is 18.2 Å². The van der Waals surface area contributed by atoms with E-state index >= 15 is 0 Å². The van der Waals surface area contributed by atoms with Crippen molar-refractivity contribution in [3.63, 3.8) is 0 Å². The van der Waals surface area contributed by atoms with Crippen LogP contribution in [0.5, 0.6) is 11.5 Å². The number of rotatable bonds is 6. The van der Waals surface area contributed by atoms with Crippen molar-refractivity contribution in [1.82, 2.24) is 0 Å². The lowest BCUT2D eigenvalue weighted by Gasteiger charge is -2.13. The van der Waals surface area contributed by atoms with Crippen molar-refractivity contribution in [3.05, 3.63) is 64.1 Å². The highest BCUT2D eigenvalue weighted by Crippen LogP contribution is 2.37. The van der Waals surface area contributed by atoms with Crippen molar-refractivity contribution < 1.29 is 19.4 Å². The lowest BCUT2D eigenvalue weighted by atomic mass is 10.2. The average Bonchev–Trinajstić information content (AvgIpc) is 2.52. The first kappa shape index (κ1) is 16.1. The Balaban J connectivity index is 2.22. The van der Waals surface area contributed by atoms with Gasteiger partial charge in [-0.15, -0.1) is 0 Å². The molecule has 0 spiro atoms. The molecule has 0 bridgehead atoms. The zero-order valence-corrected chi connectivity index (χ0v) is 13.5. The minimum Gasteiger partial charge on any atom is -0.493 e. The van der Waals surface area contributed by atoms with Gasteiger partial charge in [0, 0.05) is 6.08 Å². The van der Waals surface area contributed by atoms with E-state index in [0.29, 0.717) is 28.1 Å². The van der Waals surface area contributed by atoms with Crippen LogP contribution >= 0.6 is 15.9 Å². The molecule has 0 amide bonds. The van der Waals surface area contributed by atoms with Gasteiger partial charge in [-0.2, -0.15) is 0 Å². The van der Waals surface area contributed by atoms with E-state index < -0.39 is 5.97 Å². The molecule has 0 heterocycles. The Morgan fingerprint density at radius 1 is 1.27 bits per heavy atom. The van der Waals surface area contributed by atoms with Gasteiger partial charge in [0.15, 0.2) is 11.5 Å². The van der Waals surface area contributed by atoms with Crippen LogP contribution in [-0.2, 0) is 11.4 Å². The summed E-state index contributed by atoms with van der Waals surface area (Å²) in [7, 11) is 1.54. The molecule has 22 heavy (non-hydrogen) atoms. The van der Waals surface area contributed by atoms with Gasteiger partial charge in [-0.05, 0) is 45.3 Å². The molecule has 2 rings (SSSR count). The topological polar surface area (TPSA) is 55.8 Å². The maximum atomic E-state index is 10.6. The molecule has 2 aromatic carbocycles. The van der Waals surface area contributed by atoms with E-state index in [1.165, 1.54) is 6.08 Å². The van der Waals surface area contributed by atoms with Crippen LogP contribution in [0.25, 0.3) is 6.08 Å². The van der Waals surface area contributed by atoms with E-state index in [4.69, 9.17) is 14.6 Å². The summed E-state index contributed by atoms with van der Waals surface area (Å²) >= 11 is 3.43. The molecule has 114 valence electrons. The molecule has 0 fully saturated rings. The van der Waals surface area contributed by atoms with Gasteiger partial charge < -0.3 is 14.6 Å². The summed E-state index contributed by atoms with van der Waals surface area (Å²) in [6.45, 7) is 0.417. The predicted octanol–water partition coefficient (Wildman–Crippen LogP) is 4.13. The van der Waals surface area contributed by atoms with Gasteiger partial charge in [0.2, 0.25) is 0 Å². The van der Waals surface area contributed by atoms with Crippen LogP contribution in [0.1, 0.15) is 11.1 Å². The zero-order valence-electron chi connectivity index (χ0n) is 12.0. The van der Waals surface area contributed by atoms with Crippen LogP contribution in [0, 0.1) is 0 Å². The molecule has 0 aromatic heterocycles. The van der Waals surface area contributed by atoms with Crippen molar-refractivity contribution in [2.24, 2.45) is 0 Å². The highest BCUT2D eigenvalue weighted by Gasteiger charge is 2.11. The number of ether oxygens (including phenoxy) is 2. The lowest BCUT2D eigenvalue weighted by Crippen LogP contribution is -1.99. The number of carboxylic acids is 1. The second kappa shape index (κ2) is 7.66. The first-order valence-electron chi connectivity index (χ1n) is 6.55. The molecule has 0 atom stereocenters. The van der Waals surface area contributed by atoms with Crippen LogP contribution < -0.4 is 9.47 Å². The third-order valence-electron chi connectivity index (χ3n) is 2.90. The Kier molecular flexibility index (Phi) is 5.61. The zero-order chi connectivity index (χ0) is 15.9. The molecule has 0 aliphatic carbocycles. The largest absolute Gasteiger partial charge is 0.493 e. The second-order valence-corrected chi connectivity index (χ2v) is 5.33. The van der Waals surface area contributed by atoms with Gasteiger partial charge in [0.05, 0.1) is 11.6 Å². The smallest absolute Gasteiger partial charge is 0.328 e. The van der Waals surface area contributed by atoms with Crippen molar-refractivity contribution >= 4 is 28.0 Å². The van der Waals surface area contributed by atoms with Crippen LogP contribution in [0.3, 0.4) is 0 Å². The van der Waals surface area contributed by atoms with Gasteiger partial charge in [0.1, 0.15) is 6.61 Å². The molecule has 0 saturated heterocycles. The Morgan fingerprint density at radius 3 is 2.64 bits per heavy atom. The van der Waals surface area contributed by atoms with E-state index in [-0.39, 0.29) is 0 Å². The summed E-state index contributed by atoms with van der Waals surface area (Å²) in [6.07, 6.45) is 2.57. The first-order valence-corrected chi connectivity index (χ1v) is 7.34. The monoisotopic (exact) mass is 362 g/mol. The van der Waals surface area contributed by atoms with E-state index in [2.05, 4.69) is 15.9 Å². The maximum absolute atomic E-state index is 10.6. The highest BCUT2D eigenvalue weighted by molar-refractivity contribution is 9.10. The van der Waals surface area contributed by atoms with Gasteiger partial charge in [-0.25, -0.2) is 4.79 Å². The van der Waals surface area contributed by atoms with E-state index in [1.807, 2.05) is 30.3 Å². The second-order valence-electron chi connectivity index (χ2n) is 4.48. The normalized spacial score (nSPS) is 10.6. The first-order chi connectivity index (χ1) is 10.6. The van der Waals surface area contributed by atoms with Crippen molar-refractivity contribution in [2.45, 2.75) is 6.61 Å². The van der Waals surface area contributed by atoms with Gasteiger partial charge in [0.25, 0.3) is 0 Å². The summed E-state index contributed by atoms with van der Waals surface area (Å²) in [5, 5.41) is 8.68. The SMILES string of the molecule is COc1cc(/C=C/C(=O)O)cc(Br)c1OCc1ccccc1. The van der Waals surface area contributed by atoms with E-state index in [9.17, 15) is 4.79 Å². The highest BCUT2D eigenvalue weighted by atomic mass is 79.9. The molecule has 4 nitrogen and oxygen atoms in total. The summed E-state index contributed by atoms with van der Waals surface area (Å²) < 4.78 is 11.8. The Hall–Kier alpha value is -2.27. The molecule has 2 aromatic rings. The molecular weight excluding hydrogens is 348 g/mol. The minimum atomic E-state index is -1.00. The number of aliphatic carboxylic acids is 1. The fourth-order valence-electron chi connectivity index (χ4n) is 1.87. The summed E-state index contributed by atoms with van der Waals surface area (Å²) in [5.74, 6) is 0.119. The number of halogens is 1. The summed E-state index contributed by atoms with van der Waals surface area (Å²) in [5.41, 5.74) is 1.75. The average molecular weight is 363 g/mol. The maximum Gasteiger partial charge on any atom is 0.328 e. The molecule has 0 saturated carbocycles. The number of carboxylic acid groups (broad SMARTS) is 1. The van der Waals surface area contributed by atoms with E-state index in [0.717, 1.165) is 11.6 Å². The molecule has 0 radical (unpaired) electrons. The van der Waals surface area contributed by atoms with Gasteiger partial charge in [-0.1, -0.05) is 30.3 Å². The van der Waals surface area contributed by atoms with Crippen LogP contribution in [0.2, 0.25) is 0 Å². The number of methoxy groups -OCH3 is 1. The number of hydrogen-bond donors (Lipinski definition) is 1. The van der Waals surface area contributed by atoms with E-state index in [1.54, 1.807) is 19.2 Å². The molecule has 0 aliphatic rings. The standard InChI is InChI=1S/C17H15BrO4/c1-21-15-10-13(7-8-16(19)20)9-14(18)17(15)22-11-12-5-3-2-4-6-12/h2-10H,11H2,1H3,(H,19,20)/b8-7+. The number of benzene rings is 2. The lowest BCUT2D eigenvalue weighted by molar-refractivity contribution is -0.131. The third-order valence-corrected chi connectivity index (χ3v) is 3.49. The fourth-order valence-corrected chi connectivity index (χ4v) is 2.45. The molecular formula is C17H15BrO4. The number of hydrogen-bond acceptors (Lipinski definition) is 3. The predicted molar refractivity (Wildman–Crippen MR) is 88.1 cm³/mol. The van der Waals surface area contributed by atoms with Gasteiger partial charge >= 0.3 is 5.97 Å². The van der Waals surface area contributed by atoms with Crippen molar-refractivity contribution in [3.8, 4) is 11.5 Å². The Morgan fingerprint density at radius 2 is 2.00 bits per heavy atom. The summed E-state index contributed by atoms with van der Waals surface area (Å²) in [4.78, 5) is 10.6.